The van der Waals surface area contributed by atoms with E-state index in [1.165, 1.54) is 27.5 Å². The van der Waals surface area contributed by atoms with E-state index >= 15 is 0 Å². The second-order valence-corrected chi connectivity index (χ2v) is 14.0. The van der Waals surface area contributed by atoms with Crippen LogP contribution in [-0.4, -0.2) is 0 Å². The van der Waals surface area contributed by atoms with Crippen LogP contribution in [0.25, 0.3) is 88.0 Å². The predicted molar refractivity (Wildman–Crippen MR) is 229 cm³/mol. The Kier molecular flexibility index (Phi) is 7.17. The lowest BCUT2D eigenvalue weighted by molar-refractivity contribution is 0.668. The largest absolute Gasteiger partial charge is 0.456 e. The third-order valence-corrected chi connectivity index (χ3v) is 10.9. The lowest BCUT2D eigenvalue weighted by atomic mass is 9.90. The van der Waals surface area contributed by atoms with Gasteiger partial charge in [-0.05, 0) is 87.1 Å². The van der Waals surface area contributed by atoms with E-state index < -0.39 is 0 Å². The lowest BCUT2D eigenvalue weighted by Gasteiger charge is -2.29. The second-order valence-electron chi connectivity index (χ2n) is 14.0. The van der Waals surface area contributed by atoms with E-state index in [0.717, 1.165) is 77.6 Å². The highest BCUT2D eigenvalue weighted by molar-refractivity contribution is 6.16. The summed E-state index contributed by atoms with van der Waals surface area (Å²) in [5.41, 5.74) is 13.7. The molecule has 0 aliphatic heterocycles. The molecule has 0 amide bonds. The molecule has 0 saturated carbocycles. The molecule has 0 bridgehead atoms. The minimum absolute atomic E-state index is 0.854. The Morgan fingerprint density at radius 1 is 0.291 bits per heavy atom. The number of hydrogen-bond acceptors (Lipinski definition) is 3. The third kappa shape index (κ3) is 5.05. The zero-order valence-electron chi connectivity index (χ0n) is 29.8. The van der Waals surface area contributed by atoms with Crippen LogP contribution in [-0.2, 0) is 0 Å². The van der Waals surface area contributed by atoms with E-state index in [9.17, 15) is 0 Å². The number of nitrogens with zero attached hydrogens (tertiary/aromatic N) is 1. The van der Waals surface area contributed by atoms with Gasteiger partial charge >= 0.3 is 0 Å². The molecule has 0 atom stereocenters. The second kappa shape index (κ2) is 12.6. The monoisotopic (exact) mass is 703 g/mol. The summed E-state index contributed by atoms with van der Waals surface area (Å²) in [5, 5.41) is 6.85. The van der Waals surface area contributed by atoms with Crippen molar-refractivity contribution in [1.82, 2.24) is 0 Å². The molecule has 0 saturated heterocycles. The van der Waals surface area contributed by atoms with Crippen molar-refractivity contribution in [2.45, 2.75) is 0 Å². The predicted octanol–water partition coefficient (Wildman–Crippen LogP) is 15.1. The molecule has 55 heavy (non-hydrogen) atoms. The number of rotatable bonds is 6. The molecule has 0 unspecified atom stereocenters. The highest BCUT2D eigenvalue weighted by atomic mass is 16.3. The molecule has 2 aromatic heterocycles. The minimum Gasteiger partial charge on any atom is -0.456 e. The van der Waals surface area contributed by atoms with Gasteiger partial charge in [0.2, 0.25) is 0 Å². The first-order valence-electron chi connectivity index (χ1n) is 18.7. The van der Waals surface area contributed by atoms with Gasteiger partial charge in [0.05, 0.1) is 16.8 Å². The number of para-hydroxylation sites is 3. The van der Waals surface area contributed by atoms with Gasteiger partial charge in [0.1, 0.15) is 22.3 Å². The highest BCUT2D eigenvalue weighted by Crippen LogP contribution is 2.48. The fraction of sp³-hybridized carbons (Fsp3) is 0. The van der Waals surface area contributed by atoms with Gasteiger partial charge < -0.3 is 13.7 Å². The quantitative estimate of drug-likeness (QED) is 0.173. The zero-order chi connectivity index (χ0) is 36.3. The Bertz CT molecular complexity index is 3200. The SMILES string of the molecule is c1ccc(-c2cccc3cccc(-c4ccccc4N(c4ccc(-c5cccc6oc7ccccc7c56)cc4)c4cccc5oc6ccccc6c45)c23)cc1. The third-order valence-electron chi connectivity index (χ3n) is 10.9. The van der Waals surface area contributed by atoms with Crippen LogP contribution in [0.2, 0.25) is 0 Å². The molecule has 11 aromatic rings. The van der Waals surface area contributed by atoms with Crippen molar-refractivity contribution in [1.29, 1.82) is 0 Å². The van der Waals surface area contributed by atoms with E-state index in [-0.39, 0.29) is 0 Å². The Labute approximate surface area is 317 Å². The van der Waals surface area contributed by atoms with Crippen LogP contribution in [0, 0.1) is 0 Å². The van der Waals surface area contributed by atoms with Crippen LogP contribution >= 0.6 is 0 Å². The van der Waals surface area contributed by atoms with Crippen molar-refractivity contribution < 1.29 is 8.83 Å². The molecule has 11 rings (SSSR count). The molecule has 9 aromatic carbocycles. The lowest BCUT2D eigenvalue weighted by Crippen LogP contribution is -2.11. The Morgan fingerprint density at radius 3 is 1.53 bits per heavy atom. The number of benzene rings is 9. The summed E-state index contributed by atoms with van der Waals surface area (Å²) in [7, 11) is 0. The van der Waals surface area contributed by atoms with Gasteiger partial charge in [0, 0.05) is 27.4 Å². The first-order chi connectivity index (χ1) is 27.3. The molecule has 0 spiro atoms. The summed E-state index contributed by atoms with van der Waals surface area (Å²) in [4.78, 5) is 2.40. The van der Waals surface area contributed by atoms with Crippen LogP contribution in [0.5, 0.6) is 0 Å². The topological polar surface area (TPSA) is 29.5 Å². The van der Waals surface area contributed by atoms with Gasteiger partial charge in [-0.1, -0.05) is 152 Å². The normalized spacial score (nSPS) is 11.6. The molecule has 3 nitrogen and oxygen atoms in total. The number of anilines is 3. The van der Waals surface area contributed by atoms with E-state index in [1.807, 2.05) is 24.3 Å². The molecule has 0 N–H and O–H groups in total. The molecule has 2 heterocycles. The van der Waals surface area contributed by atoms with Crippen LogP contribution in [0.1, 0.15) is 0 Å². The molecule has 0 aliphatic rings. The zero-order valence-corrected chi connectivity index (χ0v) is 29.8. The molecular formula is C52H33NO2. The first-order valence-corrected chi connectivity index (χ1v) is 18.7. The Hall–Kier alpha value is -7.36. The summed E-state index contributed by atoms with van der Waals surface area (Å²) in [5.74, 6) is 0. The van der Waals surface area contributed by atoms with Gasteiger partial charge in [0.25, 0.3) is 0 Å². The smallest absolute Gasteiger partial charge is 0.137 e. The van der Waals surface area contributed by atoms with Crippen molar-refractivity contribution in [3.05, 3.63) is 200 Å². The van der Waals surface area contributed by atoms with Crippen molar-refractivity contribution in [3.8, 4) is 33.4 Å². The average Bonchev–Trinajstić information content (AvgIpc) is 3.83. The van der Waals surface area contributed by atoms with Crippen LogP contribution < -0.4 is 4.90 Å². The summed E-state index contributed by atoms with van der Waals surface area (Å²) < 4.78 is 12.7. The van der Waals surface area contributed by atoms with E-state index in [4.69, 9.17) is 8.83 Å². The van der Waals surface area contributed by atoms with Gasteiger partial charge in [-0.3, -0.25) is 0 Å². The average molecular weight is 704 g/mol. The van der Waals surface area contributed by atoms with Gasteiger partial charge in [0.15, 0.2) is 0 Å². The van der Waals surface area contributed by atoms with Crippen LogP contribution in [0.4, 0.5) is 17.1 Å². The summed E-state index contributed by atoms with van der Waals surface area (Å²) in [6.07, 6.45) is 0. The maximum atomic E-state index is 6.46. The molecule has 258 valence electrons. The molecule has 0 fully saturated rings. The van der Waals surface area contributed by atoms with Gasteiger partial charge in [-0.2, -0.15) is 0 Å². The fourth-order valence-electron chi connectivity index (χ4n) is 8.48. The fourth-order valence-corrected chi connectivity index (χ4v) is 8.48. The molecule has 0 radical (unpaired) electrons. The summed E-state index contributed by atoms with van der Waals surface area (Å²) in [6, 6.07) is 71.0. The van der Waals surface area contributed by atoms with E-state index in [2.05, 4.69) is 181 Å². The highest BCUT2D eigenvalue weighted by Gasteiger charge is 2.23. The van der Waals surface area contributed by atoms with Crippen molar-refractivity contribution in [3.63, 3.8) is 0 Å². The molecule has 3 heteroatoms. The standard InChI is InChI=1S/C52H33NO2/c1-2-14-34(15-3-1)38-21-10-16-36-17-11-23-41(50(36)38)40-18-4-7-24-44(40)53(45-25-13-29-49-52(45)43-20-6-9-27-47(43)55-49)37-32-30-35(31-33-37)39-22-12-28-48-51(39)42-19-5-8-26-46(42)54-48/h1-33H. The van der Waals surface area contributed by atoms with Crippen LogP contribution in [0.15, 0.2) is 209 Å². The first kappa shape index (κ1) is 31.2. The van der Waals surface area contributed by atoms with E-state index in [1.54, 1.807) is 0 Å². The van der Waals surface area contributed by atoms with Crippen molar-refractivity contribution in [2.75, 3.05) is 4.90 Å². The summed E-state index contributed by atoms with van der Waals surface area (Å²) in [6.45, 7) is 0. The molecule has 0 aliphatic carbocycles. The number of fused-ring (bicyclic) bond motifs is 7. The van der Waals surface area contributed by atoms with Crippen molar-refractivity contribution >= 4 is 71.7 Å². The number of furan rings is 2. The van der Waals surface area contributed by atoms with Gasteiger partial charge in [-0.15, -0.1) is 0 Å². The summed E-state index contributed by atoms with van der Waals surface area (Å²) >= 11 is 0. The van der Waals surface area contributed by atoms with Gasteiger partial charge in [-0.25, -0.2) is 0 Å². The maximum Gasteiger partial charge on any atom is 0.137 e. The Morgan fingerprint density at radius 2 is 0.782 bits per heavy atom. The van der Waals surface area contributed by atoms with Crippen LogP contribution in [0.3, 0.4) is 0 Å². The number of hydrogen-bond donors (Lipinski definition) is 0. The molecular weight excluding hydrogens is 671 g/mol. The van der Waals surface area contributed by atoms with Crippen molar-refractivity contribution in [2.24, 2.45) is 0 Å². The Balaban J connectivity index is 1.16. The minimum atomic E-state index is 0.854. The maximum absolute atomic E-state index is 6.46. The van der Waals surface area contributed by atoms with E-state index in [0.29, 0.717) is 0 Å².